The lowest BCUT2D eigenvalue weighted by Crippen LogP contribution is -2.36. The zero-order valence-corrected chi connectivity index (χ0v) is 15.2. The number of nitrogens with one attached hydrogen (secondary N) is 2. The molecule has 0 atom stereocenters. The minimum Gasteiger partial charge on any atom is -0.356 e. The maximum absolute atomic E-state index is 13.5. The van der Waals surface area contributed by atoms with E-state index in [1.165, 1.54) is 12.8 Å². The number of amides is 2. The molecular weight excluding hydrogens is 340 g/mol. The van der Waals surface area contributed by atoms with E-state index >= 15 is 0 Å². The summed E-state index contributed by atoms with van der Waals surface area (Å²) < 4.78 is 26.3. The molecule has 7 heteroatoms. The van der Waals surface area contributed by atoms with Crippen molar-refractivity contribution < 1.29 is 18.4 Å². The lowest BCUT2D eigenvalue weighted by Gasteiger charge is -2.30. The summed E-state index contributed by atoms with van der Waals surface area (Å²) in [4.78, 5) is 26.0. The van der Waals surface area contributed by atoms with Crippen molar-refractivity contribution >= 4 is 11.8 Å². The first-order valence-electron chi connectivity index (χ1n) is 9.18. The van der Waals surface area contributed by atoms with Crippen molar-refractivity contribution in [1.29, 1.82) is 0 Å². The van der Waals surface area contributed by atoms with Gasteiger partial charge in [0.2, 0.25) is 5.91 Å². The number of carbonyl (C=O) groups is 2. The topological polar surface area (TPSA) is 61.4 Å². The van der Waals surface area contributed by atoms with Crippen LogP contribution < -0.4 is 10.6 Å². The molecule has 1 saturated heterocycles. The van der Waals surface area contributed by atoms with Crippen LogP contribution in [0.2, 0.25) is 0 Å². The van der Waals surface area contributed by atoms with Crippen molar-refractivity contribution in [3.05, 3.63) is 35.4 Å². The fourth-order valence-corrected chi connectivity index (χ4v) is 2.96. The molecule has 1 aliphatic heterocycles. The molecule has 1 aromatic carbocycles. The third-order valence-corrected chi connectivity index (χ3v) is 4.66. The smallest absolute Gasteiger partial charge is 0.254 e. The first-order chi connectivity index (χ1) is 12.5. The molecule has 1 fully saturated rings. The number of likely N-dealkylation sites (tertiary alicyclic amines) is 1. The van der Waals surface area contributed by atoms with Gasteiger partial charge in [0, 0.05) is 25.6 Å². The molecule has 2 N–H and O–H groups in total. The maximum atomic E-state index is 13.5. The Labute approximate surface area is 153 Å². The minimum absolute atomic E-state index is 0.103. The fraction of sp³-hybridized carbons (Fsp3) is 0.579. The predicted octanol–water partition coefficient (Wildman–Crippen LogP) is 2.32. The second-order valence-corrected chi connectivity index (χ2v) is 6.86. The van der Waals surface area contributed by atoms with E-state index in [0.29, 0.717) is 12.6 Å². The molecule has 1 aromatic rings. The van der Waals surface area contributed by atoms with Crippen molar-refractivity contribution in [2.45, 2.75) is 32.6 Å². The average molecular weight is 367 g/mol. The Morgan fingerprint density at radius 2 is 1.88 bits per heavy atom. The van der Waals surface area contributed by atoms with Crippen LogP contribution in [0.4, 0.5) is 8.78 Å². The normalized spacial score (nSPS) is 15.7. The van der Waals surface area contributed by atoms with Gasteiger partial charge in [-0.3, -0.25) is 9.59 Å². The summed E-state index contributed by atoms with van der Waals surface area (Å²) in [7, 11) is 0. The number of halogens is 2. The van der Waals surface area contributed by atoms with Gasteiger partial charge in [-0.25, -0.2) is 8.78 Å². The zero-order chi connectivity index (χ0) is 18.9. The highest BCUT2D eigenvalue weighted by Crippen LogP contribution is 2.15. The molecule has 26 heavy (non-hydrogen) atoms. The van der Waals surface area contributed by atoms with Crippen molar-refractivity contribution in [1.82, 2.24) is 15.5 Å². The van der Waals surface area contributed by atoms with E-state index in [1.807, 2.05) is 0 Å². The SMILES string of the molecule is CC1CCN(CCCNC(=O)CCNC(=O)c2ccc(F)cc2F)CC1. The van der Waals surface area contributed by atoms with Gasteiger partial charge >= 0.3 is 0 Å². The van der Waals surface area contributed by atoms with Gasteiger partial charge in [-0.15, -0.1) is 0 Å². The van der Waals surface area contributed by atoms with Gasteiger partial charge < -0.3 is 15.5 Å². The number of carbonyl (C=O) groups excluding carboxylic acids is 2. The molecule has 5 nitrogen and oxygen atoms in total. The molecular formula is C19H27F2N3O2. The summed E-state index contributed by atoms with van der Waals surface area (Å²) in [5.74, 6) is -1.66. The van der Waals surface area contributed by atoms with Crippen LogP contribution in [0.1, 0.15) is 43.0 Å². The summed E-state index contributed by atoms with van der Waals surface area (Å²) in [6.45, 7) is 6.22. The van der Waals surface area contributed by atoms with Crippen molar-refractivity contribution in [2.24, 2.45) is 5.92 Å². The summed E-state index contributed by atoms with van der Waals surface area (Å²) in [5.41, 5.74) is -0.234. The second kappa shape index (κ2) is 10.2. The van der Waals surface area contributed by atoms with Gasteiger partial charge in [0.25, 0.3) is 5.91 Å². The molecule has 1 heterocycles. The standard InChI is InChI=1S/C19H27F2N3O2/c1-14-6-11-24(12-7-14)10-2-8-22-18(25)5-9-23-19(26)16-4-3-15(20)13-17(16)21/h3-4,13-14H,2,5-12H2,1H3,(H,22,25)(H,23,26). The lowest BCUT2D eigenvalue weighted by molar-refractivity contribution is -0.120. The molecule has 2 amide bonds. The maximum Gasteiger partial charge on any atom is 0.254 e. The van der Waals surface area contributed by atoms with Gasteiger partial charge in [0.15, 0.2) is 0 Å². The number of hydrogen-bond donors (Lipinski definition) is 2. The molecule has 0 aromatic heterocycles. The van der Waals surface area contributed by atoms with Gasteiger partial charge in [0.05, 0.1) is 5.56 Å². The van der Waals surface area contributed by atoms with Gasteiger partial charge in [-0.1, -0.05) is 6.92 Å². The monoisotopic (exact) mass is 367 g/mol. The molecule has 0 aliphatic carbocycles. The Morgan fingerprint density at radius 1 is 1.15 bits per heavy atom. The highest BCUT2D eigenvalue weighted by molar-refractivity contribution is 5.94. The molecule has 0 bridgehead atoms. The van der Waals surface area contributed by atoms with Crippen LogP contribution in [0.3, 0.4) is 0 Å². The van der Waals surface area contributed by atoms with Crippen molar-refractivity contribution in [3.8, 4) is 0 Å². The van der Waals surface area contributed by atoms with E-state index in [4.69, 9.17) is 0 Å². The number of hydrogen-bond acceptors (Lipinski definition) is 3. The number of rotatable bonds is 8. The largest absolute Gasteiger partial charge is 0.356 e. The van der Waals surface area contributed by atoms with E-state index in [-0.39, 0.29) is 24.4 Å². The highest BCUT2D eigenvalue weighted by atomic mass is 19.1. The van der Waals surface area contributed by atoms with E-state index in [9.17, 15) is 18.4 Å². The summed E-state index contributed by atoms with van der Waals surface area (Å²) >= 11 is 0. The zero-order valence-electron chi connectivity index (χ0n) is 15.2. The van der Waals surface area contributed by atoms with Crippen molar-refractivity contribution in [3.63, 3.8) is 0 Å². The molecule has 0 radical (unpaired) electrons. The molecule has 0 spiro atoms. The Morgan fingerprint density at radius 3 is 2.58 bits per heavy atom. The second-order valence-electron chi connectivity index (χ2n) is 6.86. The van der Waals surface area contributed by atoms with Crippen LogP contribution >= 0.6 is 0 Å². The minimum atomic E-state index is -0.918. The van der Waals surface area contributed by atoms with Crippen LogP contribution in [-0.2, 0) is 4.79 Å². The molecule has 1 aliphatic rings. The van der Waals surface area contributed by atoms with Crippen LogP contribution in [0.5, 0.6) is 0 Å². The Bertz CT molecular complexity index is 617. The first kappa shape index (κ1) is 20.3. The summed E-state index contributed by atoms with van der Waals surface area (Å²) in [6, 6.07) is 2.76. The summed E-state index contributed by atoms with van der Waals surface area (Å²) in [6.07, 6.45) is 3.49. The molecule has 144 valence electrons. The summed E-state index contributed by atoms with van der Waals surface area (Å²) in [5, 5.41) is 5.29. The van der Waals surface area contributed by atoms with Crippen LogP contribution in [-0.4, -0.2) is 49.4 Å². The van der Waals surface area contributed by atoms with Gasteiger partial charge in [0.1, 0.15) is 11.6 Å². The van der Waals surface area contributed by atoms with Crippen LogP contribution in [0.15, 0.2) is 18.2 Å². The molecule has 0 unspecified atom stereocenters. The predicted molar refractivity (Wildman–Crippen MR) is 95.8 cm³/mol. The van der Waals surface area contributed by atoms with Gasteiger partial charge in [-0.05, 0) is 56.9 Å². The van der Waals surface area contributed by atoms with E-state index in [0.717, 1.165) is 44.1 Å². The number of piperidine rings is 1. The van der Waals surface area contributed by atoms with E-state index < -0.39 is 17.5 Å². The fourth-order valence-electron chi connectivity index (χ4n) is 2.96. The first-order valence-corrected chi connectivity index (χ1v) is 9.18. The molecule has 2 rings (SSSR count). The Hall–Kier alpha value is -2.02. The highest BCUT2D eigenvalue weighted by Gasteiger charge is 2.15. The van der Waals surface area contributed by atoms with Crippen LogP contribution in [0.25, 0.3) is 0 Å². The third kappa shape index (κ3) is 6.71. The number of nitrogens with zero attached hydrogens (tertiary/aromatic N) is 1. The Balaban J connectivity index is 1.56. The third-order valence-electron chi connectivity index (χ3n) is 4.66. The van der Waals surface area contributed by atoms with E-state index in [2.05, 4.69) is 22.5 Å². The molecule has 0 saturated carbocycles. The lowest BCUT2D eigenvalue weighted by atomic mass is 9.99. The average Bonchev–Trinajstić information content (AvgIpc) is 2.60. The van der Waals surface area contributed by atoms with E-state index in [1.54, 1.807) is 0 Å². The van der Waals surface area contributed by atoms with Crippen LogP contribution in [0, 0.1) is 17.6 Å². The quantitative estimate of drug-likeness (QED) is 0.693. The Kier molecular flexibility index (Phi) is 7.97. The van der Waals surface area contributed by atoms with Crippen molar-refractivity contribution in [2.75, 3.05) is 32.7 Å². The number of benzene rings is 1. The van der Waals surface area contributed by atoms with Gasteiger partial charge in [-0.2, -0.15) is 0 Å².